The van der Waals surface area contributed by atoms with E-state index >= 15 is 0 Å². The molecule has 2 rings (SSSR count). The van der Waals surface area contributed by atoms with Crippen molar-refractivity contribution in [2.24, 2.45) is 5.92 Å². The van der Waals surface area contributed by atoms with Crippen LogP contribution in [-0.4, -0.2) is 6.04 Å². The second kappa shape index (κ2) is 6.05. The first-order valence-electron chi connectivity index (χ1n) is 6.94. The lowest BCUT2D eigenvalue weighted by Gasteiger charge is -2.22. The Kier molecular flexibility index (Phi) is 4.43. The fourth-order valence-electron chi connectivity index (χ4n) is 2.60. The molecule has 0 aliphatic rings. The quantitative estimate of drug-likeness (QED) is 0.818. The first-order valence-corrected chi connectivity index (χ1v) is 6.94. The van der Waals surface area contributed by atoms with Gasteiger partial charge >= 0.3 is 0 Å². The molecule has 1 unspecified atom stereocenters. The summed E-state index contributed by atoms with van der Waals surface area (Å²) >= 11 is 0. The van der Waals surface area contributed by atoms with Gasteiger partial charge in [0.15, 0.2) is 0 Å². The van der Waals surface area contributed by atoms with Gasteiger partial charge in [-0.2, -0.15) is 0 Å². The summed E-state index contributed by atoms with van der Waals surface area (Å²) in [4.78, 5) is 0. The van der Waals surface area contributed by atoms with Crippen LogP contribution in [0.15, 0.2) is 34.9 Å². The maximum atomic E-state index is 5.55. The molecule has 1 N–H and O–H groups in total. The zero-order valence-electron chi connectivity index (χ0n) is 11.6. The van der Waals surface area contributed by atoms with Crippen LogP contribution in [0.5, 0.6) is 0 Å². The highest BCUT2D eigenvalue weighted by molar-refractivity contribution is 5.80. The first-order chi connectivity index (χ1) is 8.76. The van der Waals surface area contributed by atoms with Crippen molar-refractivity contribution in [1.82, 2.24) is 5.32 Å². The zero-order chi connectivity index (χ0) is 13.0. The number of para-hydroxylation sites is 1. The molecular weight excluding hydrogens is 222 g/mol. The van der Waals surface area contributed by atoms with Gasteiger partial charge in [0.2, 0.25) is 0 Å². The van der Waals surface area contributed by atoms with Crippen molar-refractivity contribution in [2.45, 2.75) is 46.2 Å². The third-order valence-electron chi connectivity index (χ3n) is 3.93. The third-order valence-corrected chi connectivity index (χ3v) is 3.93. The second-order valence-corrected chi connectivity index (χ2v) is 5.00. The molecule has 1 heterocycles. The van der Waals surface area contributed by atoms with E-state index in [2.05, 4.69) is 38.2 Å². The molecule has 1 atom stereocenters. The van der Waals surface area contributed by atoms with E-state index in [1.165, 1.54) is 23.8 Å². The predicted octanol–water partition coefficient (Wildman–Crippen LogP) is 4.35. The van der Waals surface area contributed by atoms with E-state index in [4.69, 9.17) is 4.42 Å². The monoisotopic (exact) mass is 245 g/mol. The summed E-state index contributed by atoms with van der Waals surface area (Å²) in [6.07, 6.45) is 4.34. The second-order valence-electron chi connectivity index (χ2n) is 5.00. The van der Waals surface area contributed by atoms with Crippen LogP contribution >= 0.6 is 0 Å². The van der Waals surface area contributed by atoms with Crippen molar-refractivity contribution in [3.63, 3.8) is 0 Å². The van der Waals surface area contributed by atoms with Gasteiger partial charge in [-0.3, -0.25) is 0 Å². The Hall–Kier alpha value is -1.28. The van der Waals surface area contributed by atoms with Crippen LogP contribution in [0.3, 0.4) is 0 Å². The van der Waals surface area contributed by atoms with E-state index in [0.29, 0.717) is 6.04 Å². The highest BCUT2D eigenvalue weighted by Gasteiger charge is 2.13. The summed E-state index contributed by atoms with van der Waals surface area (Å²) in [6.45, 7) is 7.69. The number of nitrogens with one attached hydrogen (secondary N) is 1. The minimum absolute atomic E-state index is 0.550. The molecule has 0 fully saturated rings. The van der Waals surface area contributed by atoms with Crippen LogP contribution in [0.4, 0.5) is 0 Å². The number of benzene rings is 1. The van der Waals surface area contributed by atoms with Gasteiger partial charge in [-0.25, -0.2) is 0 Å². The number of fused-ring (bicyclic) bond motifs is 1. The molecule has 0 saturated heterocycles. The van der Waals surface area contributed by atoms with Crippen molar-refractivity contribution in [3.8, 4) is 0 Å². The Morgan fingerprint density at radius 1 is 1.17 bits per heavy atom. The summed E-state index contributed by atoms with van der Waals surface area (Å²) in [5, 5.41) is 4.84. The fourth-order valence-corrected chi connectivity index (χ4v) is 2.60. The molecule has 2 nitrogen and oxygen atoms in total. The summed E-state index contributed by atoms with van der Waals surface area (Å²) in [5.74, 6) is 0.753. The third kappa shape index (κ3) is 2.75. The Bertz CT molecular complexity index is 485. The molecule has 0 aliphatic heterocycles. The van der Waals surface area contributed by atoms with Gasteiger partial charge in [-0.1, -0.05) is 44.9 Å². The molecule has 2 heteroatoms. The maximum absolute atomic E-state index is 5.55. The van der Waals surface area contributed by atoms with Crippen molar-refractivity contribution in [3.05, 3.63) is 36.1 Å². The molecule has 0 saturated carbocycles. The number of hydrogen-bond donors (Lipinski definition) is 1. The maximum Gasteiger partial charge on any atom is 0.134 e. The van der Waals surface area contributed by atoms with E-state index in [-0.39, 0.29) is 0 Å². The smallest absolute Gasteiger partial charge is 0.134 e. The molecule has 0 bridgehead atoms. The Morgan fingerprint density at radius 3 is 2.61 bits per heavy atom. The fraction of sp³-hybridized carbons (Fsp3) is 0.500. The largest absolute Gasteiger partial charge is 0.464 e. The van der Waals surface area contributed by atoms with E-state index < -0.39 is 0 Å². The van der Waals surface area contributed by atoms with Crippen LogP contribution in [0.2, 0.25) is 0 Å². The highest BCUT2D eigenvalue weighted by Crippen LogP contribution is 2.21. The lowest BCUT2D eigenvalue weighted by atomic mass is 9.95. The van der Waals surface area contributed by atoms with Crippen molar-refractivity contribution >= 4 is 11.0 Å². The highest BCUT2D eigenvalue weighted by atomic mass is 16.3. The molecular formula is C16H23NO. The number of furan rings is 1. The summed E-state index contributed by atoms with van der Waals surface area (Å²) in [6, 6.07) is 8.76. The normalized spacial score (nSPS) is 13.3. The molecule has 18 heavy (non-hydrogen) atoms. The molecule has 2 aromatic rings. The van der Waals surface area contributed by atoms with E-state index in [1.807, 2.05) is 18.4 Å². The van der Waals surface area contributed by atoms with Crippen LogP contribution in [0.25, 0.3) is 11.0 Å². The minimum Gasteiger partial charge on any atom is -0.464 e. The molecule has 0 amide bonds. The first kappa shape index (κ1) is 13.2. The molecule has 0 radical (unpaired) electrons. The summed E-state index contributed by atoms with van der Waals surface area (Å²) in [5.41, 5.74) is 2.23. The van der Waals surface area contributed by atoms with Gasteiger partial charge in [0.1, 0.15) is 5.58 Å². The van der Waals surface area contributed by atoms with E-state index in [0.717, 1.165) is 18.0 Å². The van der Waals surface area contributed by atoms with Crippen LogP contribution in [0, 0.1) is 5.92 Å². The Balaban J connectivity index is 2.02. The minimum atomic E-state index is 0.550. The number of hydrogen-bond acceptors (Lipinski definition) is 2. The van der Waals surface area contributed by atoms with Crippen molar-refractivity contribution in [2.75, 3.05) is 0 Å². The zero-order valence-corrected chi connectivity index (χ0v) is 11.6. The Labute approximate surface area is 109 Å². The van der Waals surface area contributed by atoms with Gasteiger partial charge in [-0.15, -0.1) is 0 Å². The van der Waals surface area contributed by atoms with Gasteiger partial charge in [0.25, 0.3) is 0 Å². The van der Waals surface area contributed by atoms with Gasteiger partial charge in [-0.05, 0) is 18.9 Å². The standard InChI is InChI=1S/C16H23NO/c1-4-13(5-2)12(3)17-10-14-11-18-16-9-7-6-8-15(14)16/h6-9,11-13,17H,4-5,10H2,1-3H3. The predicted molar refractivity (Wildman–Crippen MR) is 76.6 cm³/mol. The molecule has 98 valence electrons. The molecule has 0 spiro atoms. The number of rotatable bonds is 6. The van der Waals surface area contributed by atoms with E-state index in [1.54, 1.807) is 0 Å². The van der Waals surface area contributed by atoms with Crippen LogP contribution in [-0.2, 0) is 6.54 Å². The molecule has 1 aromatic heterocycles. The summed E-state index contributed by atoms with van der Waals surface area (Å²) in [7, 11) is 0. The average Bonchev–Trinajstić information content (AvgIpc) is 2.81. The van der Waals surface area contributed by atoms with Gasteiger partial charge in [0.05, 0.1) is 6.26 Å². The van der Waals surface area contributed by atoms with Crippen LogP contribution in [0.1, 0.15) is 39.2 Å². The Morgan fingerprint density at radius 2 is 1.89 bits per heavy atom. The van der Waals surface area contributed by atoms with Crippen molar-refractivity contribution < 1.29 is 4.42 Å². The SMILES string of the molecule is CCC(CC)C(C)NCc1coc2ccccc12. The lowest BCUT2D eigenvalue weighted by Crippen LogP contribution is -2.32. The summed E-state index contributed by atoms with van der Waals surface area (Å²) < 4.78 is 5.55. The molecule has 1 aromatic carbocycles. The lowest BCUT2D eigenvalue weighted by molar-refractivity contribution is 0.353. The topological polar surface area (TPSA) is 25.2 Å². The van der Waals surface area contributed by atoms with Crippen LogP contribution < -0.4 is 5.32 Å². The van der Waals surface area contributed by atoms with Gasteiger partial charge in [0, 0.05) is 23.5 Å². The van der Waals surface area contributed by atoms with Gasteiger partial charge < -0.3 is 9.73 Å². The molecule has 0 aliphatic carbocycles. The van der Waals surface area contributed by atoms with Crippen molar-refractivity contribution in [1.29, 1.82) is 0 Å². The van der Waals surface area contributed by atoms with E-state index in [9.17, 15) is 0 Å². The average molecular weight is 245 g/mol.